The molecule has 0 aliphatic heterocycles. The number of hydrogen-bond acceptors (Lipinski definition) is 0. The zero-order chi connectivity index (χ0) is 4.74. The van der Waals surface area contributed by atoms with Crippen LogP contribution in [0.5, 0.6) is 0 Å². The van der Waals surface area contributed by atoms with Crippen molar-refractivity contribution in [1.29, 1.82) is 0 Å². The zero-order valence-electron chi connectivity index (χ0n) is 4.74. The van der Waals surface area contributed by atoms with Gasteiger partial charge in [0, 0.05) is 0 Å². The third kappa shape index (κ3) is 0.375. The highest BCUT2D eigenvalue weighted by Crippen LogP contribution is 2.55. The van der Waals surface area contributed by atoms with Crippen LogP contribution in [0.4, 0.5) is 0 Å². The maximum atomic E-state index is 1.56. The lowest BCUT2D eigenvalue weighted by Gasteiger charge is -2.49. The first-order valence-corrected chi connectivity index (χ1v) is 3.41. The molecule has 0 saturated heterocycles. The molecule has 7 heavy (non-hydrogen) atoms. The molecule has 0 atom stereocenters. The summed E-state index contributed by atoms with van der Waals surface area (Å²) in [6, 6.07) is 0. The lowest BCUT2D eigenvalue weighted by atomic mass is 9.56. The Morgan fingerprint density at radius 3 is 1.14 bits per heavy atom. The van der Waals surface area contributed by atoms with Gasteiger partial charge in [0.15, 0.2) is 0 Å². The molecule has 0 aromatic carbocycles. The van der Waals surface area contributed by atoms with Crippen LogP contribution in [0.1, 0.15) is 38.5 Å². The molecule has 1 spiro atoms. The van der Waals surface area contributed by atoms with Gasteiger partial charge < -0.3 is 0 Å². The molecule has 0 heteroatoms. The number of hydrogen-bond donors (Lipinski definition) is 0. The Morgan fingerprint density at radius 2 is 1.14 bits per heavy atom. The lowest BCUT2D eigenvalue weighted by Crippen LogP contribution is -2.35. The predicted octanol–water partition coefficient (Wildman–Crippen LogP) is 2.34. The van der Waals surface area contributed by atoms with Crippen LogP contribution in [0.3, 0.4) is 0 Å². The van der Waals surface area contributed by atoms with Gasteiger partial charge in [0.1, 0.15) is 0 Å². The van der Waals surface area contributed by atoms with E-state index in [-0.39, 0.29) is 0 Å². The fourth-order valence-electron chi connectivity index (χ4n) is 1.85. The van der Waals surface area contributed by atoms with Crippen LogP contribution in [0, 0.1) is 5.41 Å². The molecule has 0 unspecified atom stereocenters. The molecule has 2 aliphatic carbocycles. The summed E-state index contributed by atoms with van der Waals surface area (Å²) in [5, 5.41) is 0. The Balaban J connectivity index is 2.00. The van der Waals surface area contributed by atoms with E-state index in [1.807, 2.05) is 0 Å². The van der Waals surface area contributed by atoms with Gasteiger partial charge >= 0.3 is 0 Å². The minimum atomic E-state index is 0.944. The summed E-state index contributed by atoms with van der Waals surface area (Å²) in [4.78, 5) is 0. The maximum absolute atomic E-state index is 1.56. The second kappa shape index (κ2) is 1.04. The van der Waals surface area contributed by atoms with Crippen molar-refractivity contribution in [3.8, 4) is 0 Å². The van der Waals surface area contributed by atoms with E-state index in [9.17, 15) is 0 Å². The highest BCUT2D eigenvalue weighted by molar-refractivity contribution is 4.93. The summed E-state index contributed by atoms with van der Waals surface area (Å²) in [6.45, 7) is 0. The quantitative estimate of drug-likeness (QED) is 0.434. The molecular weight excluding hydrogens is 84.1 g/mol. The third-order valence-corrected chi connectivity index (χ3v) is 2.83. The van der Waals surface area contributed by atoms with Crippen LogP contribution in [0.25, 0.3) is 0 Å². The topological polar surface area (TPSA) is 0 Å². The minimum Gasteiger partial charge on any atom is -0.0522 e. The van der Waals surface area contributed by atoms with Gasteiger partial charge in [-0.3, -0.25) is 0 Å². The smallest absolute Gasteiger partial charge is 0.0297 e. The molecule has 2 rings (SSSR count). The second-order valence-corrected chi connectivity index (χ2v) is 3.21. The van der Waals surface area contributed by atoms with E-state index >= 15 is 0 Å². The standard InChI is InChI=1S/C7H12/c1-3-7(4-1)5-2-6-7/h1-6H2. The van der Waals surface area contributed by atoms with Crippen molar-refractivity contribution in [2.45, 2.75) is 38.5 Å². The summed E-state index contributed by atoms with van der Waals surface area (Å²) in [6.07, 6.45) is 9.31. The third-order valence-electron chi connectivity index (χ3n) is 2.83. The highest BCUT2D eigenvalue weighted by atomic mass is 14.5. The summed E-state index contributed by atoms with van der Waals surface area (Å²) >= 11 is 0. The summed E-state index contributed by atoms with van der Waals surface area (Å²) in [5.74, 6) is 0. The van der Waals surface area contributed by atoms with Crippen molar-refractivity contribution < 1.29 is 0 Å². The van der Waals surface area contributed by atoms with E-state index in [1.54, 1.807) is 25.7 Å². The van der Waals surface area contributed by atoms with Crippen molar-refractivity contribution >= 4 is 0 Å². The molecule has 2 aliphatic rings. The fraction of sp³-hybridized carbons (Fsp3) is 1.00. The first kappa shape index (κ1) is 3.94. The Bertz CT molecular complexity index is 60.5. The van der Waals surface area contributed by atoms with E-state index in [1.165, 1.54) is 12.8 Å². The van der Waals surface area contributed by atoms with Gasteiger partial charge in [-0.2, -0.15) is 0 Å². The molecule has 2 saturated carbocycles. The molecule has 0 amide bonds. The summed E-state index contributed by atoms with van der Waals surface area (Å²) in [7, 11) is 0. The van der Waals surface area contributed by atoms with Gasteiger partial charge in [-0.05, 0) is 31.1 Å². The lowest BCUT2D eigenvalue weighted by molar-refractivity contribution is 0.0314. The fourth-order valence-corrected chi connectivity index (χ4v) is 1.85. The van der Waals surface area contributed by atoms with E-state index in [2.05, 4.69) is 0 Å². The SMILES string of the molecule is C1CC2(C1)CCC2. The van der Waals surface area contributed by atoms with Gasteiger partial charge in [-0.15, -0.1) is 0 Å². The van der Waals surface area contributed by atoms with Crippen molar-refractivity contribution in [3.05, 3.63) is 0 Å². The molecule has 40 valence electrons. The van der Waals surface area contributed by atoms with Crippen LogP contribution in [0.2, 0.25) is 0 Å². The van der Waals surface area contributed by atoms with Crippen LogP contribution in [0.15, 0.2) is 0 Å². The van der Waals surface area contributed by atoms with Gasteiger partial charge in [-0.25, -0.2) is 0 Å². The van der Waals surface area contributed by atoms with Crippen LogP contribution in [-0.4, -0.2) is 0 Å². The molecule has 0 nitrogen and oxygen atoms in total. The van der Waals surface area contributed by atoms with E-state index in [0.717, 1.165) is 5.41 Å². The van der Waals surface area contributed by atoms with E-state index < -0.39 is 0 Å². The Kier molecular flexibility index (Phi) is 0.586. The molecule has 0 N–H and O–H groups in total. The van der Waals surface area contributed by atoms with Crippen LogP contribution in [-0.2, 0) is 0 Å². The summed E-state index contributed by atoms with van der Waals surface area (Å²) in [5.41, 5.74) is 0.944. The zero-order valence-corrected chi connectivity index (χ0v) is 4.74. The summed E-state index contributed by atoms with van der Waals surface area (Å²) < 4.78 is 0. The van der Waals surface area contributed by atoms with Gasteiger partial charge in [-0.1, -0.05) is 12.8 Å². The maximum Gasteiger partial charge on any atom is -0.0297 e. The largest absolute Gasteiger partial charge is 0.0522 e. The molecule has 0 radical (unpaired) electrons. The predicted molar refractivity (Wildman–Crippen MR) is 30.1 cm³/mol. The number of rotatable bonds is 0. The molecule has 0 bridgehead atoms. The first-order chi connectivity index (χ1) is 3.41. The molecular formula is C7H12. The van der Waals surface area contributed by atoms with Crippen LogP contribution >= 0.6 is 0 Å². The van der Waals surface area contributed by atoms with Crippen molar-refractivity contribution in [2.24, 2.45) is 5.41 Å². The van der Waals surface area contributed by atoms with E-state index in [4.69, 9.17) is 0 Å². The average molecular weight is 96.2 g/mol. The Labute approximate surface area is 44.9 Å². The second-order valence-electron chi connectivity index (χ2n) is 3.21. The van der Waals surface area contributed by atoms with Gasteiger partial charge in [0.2, 0.25) is 0 Å². The van der Waals surface area contributed by atoms with Gasteiger partial charge in [0.05, 0.1) is 0 Å². The molecule has 0 heterocycles. The Hall–Kier alpha value is 0. The van der Waals surface area contributed by atoms with Crippen molar-refractivity contribution in [1.82, 2.24) is 0 Å². The first-order valence-electron chi connectivity index (χ1n) is 3.41. The van der Waals surface area contributed by atoms with E-state index in [0.29, 0.717) is 0 Å². The monoisotopic (exact) mass is 96.1 g/mol. The normalized spacial score (nSPS) is 34.3. The van der Waals surface area contributed by atoms with Crippen LogP contribution < -0.4 is 0 Å². The van der Waals surface area contributed by atoms with Gasteiger partial charge in [0.25, 0.3) is 0 Å². The highest BCUT2D eigenvalue weighted by Gasteiger charge is 2.41. The average Bonchev–Trinajstić information content (AvgIpc) is 1.20. The van der Waals surface area contributed by atoms with Crippen molar-refractivity contribution in [3.63, 3.8) is 0 Å². The van der Waals surface area contributed by atoms with Crippen molar-refractivity contribution in [2.75, 3.05) is 0 Å². The molecule has 0 aromatic heterocycles. The molecule has 2 fully saturated rings. The molecule has 0 aromatic rings. The Morgan fingerprint density at radius 1 is 0.714 bits per heavy atom. The minimum absolute atomic E-state index is 0.944.